The third kappa shape index (κ3) is 6.65. The quantitative estimate of drug-likeness (QED) is 0.426. The van der Waals surface area contributed by atoms with Crippen LogP contribution < -0.4 is 0 Å². The topological polar surface area (TPSA) is 18.5 Å². The molecule has 0 aromatic rings. The molecule has 0 aromatic carbocycles. The summed E-state index contributed by atoms with van der Waals surface area (Å²) < 4.78 is 12.4. The lowest BCUT2D eigenvalue weighted by molar-refractivity contribution is 0.136. The molecule has 0 saturated heterocycles. The van der Waals surface area contributed by atoms with Crippen LogP contribution in [0.15, 0.2) is 11.8 Å². The lowest BCUT2D eigenvalue weighted by Crippen LogP contribution is -2.32. The molecule has 0 rings (SSSR count). The van der Waals surface area contributed by atoms with E-state index < -0.39 is 9.28 Å². The molecule has 0 atom stereocenters. The van der Waals surface area contributed by atoms with Crippen molar-refractivity contribution in [1.29, 1.82) is 0 Å². The van der Waals surface area contributed by atoms with Crippen LogP contribution in [0.1, 0.15) is 27.7 Å². The summed E-state index contributed by atoms with van der Waals surface area (Å²) in [6.45, 7) is 12.1. The second-order valence-electron chi connectivity index (χ2n) is 3.49. The highest BCUT2D eigenvalue weighted by molar-refractivity contribution is 14.1. The van der Waals surface area contributed by atoms with Crippen LogP contribution >= 0.6 is 22.6 Å². The first-order valence-corrected chi connectivity index (χ1v) is 7.56. The summed E-state index contributed by atoms with van der Waals surface area (Å²) in [6, 6.07) is 0. The third-order valence-electron chi connectivity index (χ3n) is 1.30. The molecular weight excluding hydrogens is 295 g/mol. The van der Waals surface area contributed by atoms with Gasteiger partial charge in [0.05, 0.1) is 0 Å². The molecule has 0 bridgehead atoms. The highest BCUT2D eigenvalue weighted by Crippen LogP contribution is 2.10. The fourth-order valence-corrected chi connectivity index (χ4v) is 3.42. The van der Waals surface area contributed by atoms with Crippen LogP contribution in [0, 0.1) is 0 Å². The first-order valence-electron chi connectivity index (χ1n) is 4.52. The molecule has 0 unspecified atom stereocenters. The van der Waals surface area contributed by atoms with Crippen LogP contribution in [0.3, 0.4) is 0 Å². The Hall–Kier alpha value is 0.607. The fraction of sp³-hybridized carbons (Fsp3) is 0.778. The van der Waals surface area contributed by atoms with E-state index in [4.69, 9.17) is 8.85 Å². The zero-order valence-electron chi connectivity index (χ0n) is 8.84. The van der Waals surface area contributed by atoms with Crippen molar-refractivity contribution < 1.29 is 8.85 Å². The second kappa shape index (κ2) is 6.97. The van der Waals surface area contributed by atoms with Crippen LogP contribution in [0.4, 0.5) is 0 Å². The number of rotatable bonds is 6. The Balaban J connectivity index is 4.10. The molecule has 0 aliphatic carbocycles. The standard InChI is InChI=1S/C9H19IO2Si/c1-7(2)11-13(9(5)6-10)12-8(3)4/h7-8,13H,5-6H2,1-4H3. The predicted molar refractivity (Wildman–Crippen MR) is 67.6 cm³/mol. The van der Waals surface area contributed by atoms with E-state index in [9.17, 15) is 0 Å². The molecule has 0 aliphatic rings. The van der Waals surface area contributed by atoms with E-state index in [1.807, 2.05) is 27.7 Å². The number of hydrogen-bond donors (Lipinski definition) is 0. The smallest absolute Gasteiger partial charge is 0.352 e. The Morgan fingerprint density at radius 3 is 1.85 bits per heavy atom. The molecule has 13 heavy (non-hydrogen) atoms. The maximum atomic E-state index is 5.73. The summed E-state index contributed by atoms with van der Waals surface area (Å²) >= 11 is 2.30. The van der Waals surface area contributed by atoms with E-state index in [1.165, 1.54) is 0 Å². The molecule has 0 fully saturated rings. The molecular formula is C9H19IO2Si. The molecule has 0 heterocycles. The lowest BCUT2D eigenvalue weighted by atomic mass is 10.5. The first kappa shape index (κ1) is 13.6. The van der Waals surface area contributed by atoms with Gasteiger partial charge in [-0.3, -0.25) is 0 Å². The van der Waals surface area contributed by atoms with Gasteiger partial charge in [-0.05, 0) is 32.9 Å². The van der Waals surface area contributed by atoms with E-state index in [0.29, 0.717) is 0 Å². The van der Waals surface area contributed by atoms with Crippen LogP contribution in [-0.4, -0.2) is 25.9 Å². The monoisotopic (exact) mass is 314 g/mol. The highest BCUT2D eigenvalue weighted by Gasteiger charge is 2.19. The van der Waals surface area contributed by atoms with Crippen LogP contribution in [0.2, 0.25) is 0 Å². The van der Waals surface area contributed by atoms with Gasteiger partial charge < -0.3 is 8.85 Å². The van der Waals surface area contributed by atoms with Crippen molar-refractivity contribution in [3.8, 4) is 0 Å². The summed E-state index contributed by atoms with van der Waals surface area (Å²) in [5.41, 5.74) is 0. The summed E-state index contributed by atoms with van der Waals surface area (Å²) in [5, 5.41) is 1.13. The molecule has 0 amide bonds. The zero-order valence-corrected chi connectivity index (χ0v) is 12.2. The van der Waals surface area contributed by atoms with Gasteiger partial charge in [0, 0.05) is 16.6 Å². The zero-order chi connectivity index (χ0) is 10.4. The normalized spacial score (nSPS) is 11.7. The van der Waals surface area contributed by atoms with E-state index in [0.717, 1.165) is 9.62 Å². The van der Waals surface area contributed by atoms with Gasteiger partial charge in [-0.15, -0.1) is 0 Å². The summed E-state index contributed by atoms with van der Waals surface area (Å²) in [5.74, 6) is 0. The summed E-state index contributed by atoms with van der Waals surface area (Å²) in [4.78, 5) is 0. The predicted octanol–water partition coefficient (Wildman–Crippen LogP) is 2.59. The molecule has 4 heteroatoms. The van der Waals surface area contributed by atoms with Crippen molar-refractivity contribution in [2.24, 2.45) is 0 Å². The third-order valence-corrected chi connectivity index (χ3v) is 5.56. The number of halogens is 1. The second-order valence-corrected chi connectivity index (χ2v) is 6.28. The molecule has 0 radical (unpaired) electrons. The number of hydrogen-bond acceptors (Lipinski definition) is 2. The van der Waals surface area contributed by atoms with Gasteiger partial charge in [0.1, 0.15) is 0 Å². The first-order chi connectivity index (χ1) is 5.97. The Labute approximate surface area is 96.7 Å². The average molecular weight is 314 g/mol. The highest BCUT2D eigenvalue weighted by atomic mass is 127. The van der Waals surface area contributed by atoms with Gasteiger partial charge in [0.2, 0.25) is 0 Å². The van der Waals surface area contributed by atoms with Gasteiger partial charge in [0.15, 0.2) is 0 Å². The van der Waals surface area contributed by atoms with Gasteiger partial charge in [-0.2, -0.15) is 0 Å². The van der Waals surface area contributed by atoms with E-state index in [1.54, 1.807) is 0 Å². The summed E-state index contributed by atoms with van der Waals surface area (Å²) in [7, 11) is -1.65. The van der Waals surface area contributed by atoms with Crippen LogP contribution in [0.5, 0.6) is 0 Å². The minimum Gasteiger partial charge on any atom is -0.391 e. The minimum atomic E-state index is -1.65. The van der Waals surface area contributed by atoms with Gasteiger partial charge in [0.25, 0.3) is 0 Å². The summed E-state index contributed by atoms with van der Waals surface area (Å²) in [6.07, 6.45) is 0.463. The largest absolute Gasteiger partial charge is 0.391 e. The van der Waals surface area contributed by atoms with Crippen molar-refractivity contribution in [3.63, 3.8) is 0 Å². The molecule has 0 spiro atoms. The van der Waals surface area contributed by atoms with E-state index in [-0.39, 0.29) is 12.2 Å². The number of allylic oxidation sites excluding steroid dienone is 1. The number of alkyl halides is 1. The Kier molecular flexibility index (Phi) is 7.30. The van der Waals surface area contributed by atoms with E-state index >= 15 is 0 Å². The Morgan fingerprint density at radius 1 is 1.23 bits per heavy atom. The van der Waals surface area contributed by atoms with Gasteiger partial charge in [-0.25, -0.2) is 0 Å². The maximum absolute atomic E-state index is 5.73. The average Bonchev–Trinajstić information content (AvgIpc) is 2.00. The SMILES string of the molecule is C=C(CI)[SiH](OC(C)C)OC(C)C. The van der Waals surface area contributed by atoms with Gasteiger partial charge >= 0.3 is 9.28 Å². The Bertz CT molecular complexity index is 150. The Morgan fingerprint density at radius 2 is 1.62 bits per heavy atom. The molecule has 2 nitrogen and oxygen atoms in total. The van der Waals surface area contributed by atoms with Crippen molar-refractivity contribution in [3.05, 3.63) is 11.8 Å². The molecule has 0 saturated carbocycles. The molecule has 0 aromatic heterocycles. The lowest BCUT2D eigenvalue weighted by Gasteiger charge is -2.22. The van der Waals surface area contributed by atoms with Crippen molar-refractivity contribution in [2.45, 2.75) is 39.9 Å². The van der Waals surface area contributed by atoms with Crippen LogP contribution in [-0.2, 0) is 8.85 Å². The molecule has 0 aliphatic heterocycles. The fourth-order valence-electron chi connectivity index (χ4n) is 0.782. The van der Waals surface area contributed by atoms with Crippen molar-refractivity contribution >= 4 is 31.9 Å². The van der Waals surface area contributed by atoms with Gasteiger partial charge in [-0.1, -0.05) is 29.2 Å². The van der Waals surface area contributed by atoms with Crippen LogP contribution in [0.25, 0.3) is 0 Å². The minimum absolute atomic E-state index is 0.232. The van der Waals surface area contributed by atoms with Crippen molar-refractivity contribution in [1.82, 2.24) is 0 Å². The van der Waals surface area contributed by atoms with Crippen molar-refractivity contribution in [2.75, 3.05) is 4.43 Å². The molecule has 0 N–H and O–H groups in total. The molecule has 78 valence electrons. The van der Waals surface area contributed by atoms with E-state index in [2.05, 4.69) is 29.2 Å². The maximum Gasteiger partial charge on any atom is 0.352 e.